The van der Waals surface area contributed by atoms with Crippen LogP contribution in [0.3, 0.4) is 0 Å². The van der Waals surface area contributed by atoms with Gasteiger partial charge in [0, 0.05) is 12.0 Å². The maximum atomic E-state index is 13.0. The van der Waals surface area contributed by atoms with Crippen molar-refractivity contribution in [3.05, 3.63) is 41.8 Å². The van der Waals surface area contributed by atoms with Crippen LogP contribution in [0, 0.1) is 5.82 Å². The second-order valence-corrected chi connectivity index (χ2v) is 4.91. The molecule has 0 aliphatic carbocycles. The van der Waals surface area contributed by atoms with Gasteiger partial charge >= 0.3 is 0 Å². The predicted molar refractivity (Wildman–Crippen MR) is 69.1 cm³/mol. The molecule has 0 amide bonds. The van der Waals surface area contributed by atoms with Gasteiger partial charge in [0.1, 0.15) is 11.9 Å². The van der Waals surface area contributed by atoms with E-state index in [1.807, 2.05) is 6.07 Å². The van der Waals surface area contributed by atoms with Crippen molar-refractivity contribution in [1.82, 2.24) is 10.1 Å². The number of methoxy groups -OCH3 is 1. The van der Waals surface area contributed by atoms with E-state index in [9.17, 15) is 4.39 Å². The van der Waals surface area contributed by atoms with Crippen LogP contribution < -0.4 is 5.73 Å². The fraction of sp³-hybridized carbons (Fsp3) is 0.333. The number of ether oxygens (including phenoxy) is 1. The lowest BCUT2D eigenvalue weighted by Crippen LogP contribution is -2.16. The van der Waals surface area contributed by atoms with E-state index in [4.69, 9.17) is 15.0 Å². The van der Waals surface area contributed by atoms with Crippen LogP contribution in [-0.2, 0) is 10.5 Å². The first-order valence-electron chi connectivity index (χ1n) is 5.64. The number of thioether (sulfide) groups is 1. The first kappa shape index (κ1) is 14.0. The highest BCUT2D eigenvalue weighted by atomic mass is 32.2. The molecule has 0 fully saturated rings. The van der Waals surface area contributed by atoms with Gasteiger partial charge in [0.15, 0.2) is 5.82 Å². The van der Waals surface area contributed by atoms with E-state index >= 15 is 0 Å². The predicted octanol–water partition coefficient (Wildman–Crippen LogP) is 2.15. The van der Waals surface area contributed by atoms with Crippen LogP contribution in [0.15, 0.2) is 33.7 Å². The van der Waals surface area contributed by atoms with Gasteiger partial charge in [0.25, 0.3) is 0 Å². The van der Waals surface area contributed by atoms with E-state index in [0.29, 0.717) is 24.1 Å². The van der Waals surface area contributed by atoms with Crippen LogP contribution in [0.25, 0.3) is 0 Å². The van der Waals surface area contributed by atoms with E-state index in [-0.39, 0.29) is 5.82 Å². The van der Waals surface area contributed by atoms with Crippen LogP contribution in [0.1, 0.15) is 17.8 Å². The normalized spacial score (nSPS) is 12.6. The quantitative estimate of drug-likeness (QED) is 0.819. The Hall–Kier alpha value is -1.44. The van der Waals surface area contributed by atoms with Gasteiger partial charge in [0.2, 0.25) is 5.89 Å². The number of nitrogens with two attached hydrogens (primary N) is 1. The molecular formula is C12H14FN3O2S. The molecule has 1 atom stereocenters. The van der Waals surface area contributed by atoms with Crippen LogP contribution in [0.4, 0.5) is 4.39 Å². The van der Waals surface area contributed by atoms with Gasteiger partial charge in [-0.3, -0.25) is 0 Å². The van der Waals surface area contributed by atoms with Gasteiger partial charge in [-0.05, 0) is 18.2 Å². The second-order valence-electron chi connectivity index (χ2n) is 3.86. The number of hydrogen-bond donors (Lipinski definition) is 1. The zero-order valence-electron chi connectivity index (χ0n) is 10.4. The molecule has 0 aliphatic rings. The minimum absolute atomic E-state index is 0.263. The molecule has 0 bridgehead atoms. The largest absolute Gasteiger partial charge is 0.383 e. The molecule has 2 aromatic rings. The van der Waals surface area contributed by atoms with Crippen molar-refractivity contribution >= 4 is 11.8 Å². The van der Waals surface area contributed by atoms with Crippen molar-refractivity contribution in [2.45, 2.75) is 16.7 Å². The van der Waals surface area contributed by atoms with Crippen molar-refractivity contribution in [3.8, 4) is 0 Å². The Bertz CT molecular complexity index is 535. The fourth-order valence-corrected chi connectivity index (χ4v) is 2.22. The summed E-state index contributed by atoms with van der Waals surface area (Å²) in [5, 5.41) is 3.82. The molecule has 0 radical (unpaired) electrons. The van der Waals surface area contributed by atoms with Crippen LogP contribution in [-0.4, -0.2) is 23.9 Å². The summed E-state index contributed by atoms with van der Waals surface area (Å²) in [5.41, 5.74) is 5.77. The molecule has 0 spiro atoms. The van der Waals surface area contributed by atoms with Crippen molar-refractivity contribution in [1.29, 1.82) is 0 Å². The molecule has 2 rings (SSSR count). The summed E-state index contributed by atoms with van der Waals surface area (Å²) >= 11 is 1.43. The van der Waals surface area contributed by atoms with Gasteiger partial charge in [-0.25, -0.2) is 4.39 Å². The van der Waals surface area contributed by atoms with Crippen molar-refractivity contribution in [3.63, 3.8) is 0 Å². The van der Waals surface area contributed by atoms with Crippen LogP contribution in [0.2, 0.25) is 0 Å². The summed E-state index contributed by atoms with van der Waals surface area (Å²) in [6.45, 7) is 0.318. The summed E-state index contributed by atoms with van der Waals surface area (Å²) in [7, 11) is 1.55. The molecule has 102 valence electrons. The zero-order chi connectivity index (χ0) is 13.7. The van der Waals surface area contributed by atoms with Gasteiger partial charge in [-0.2, -0.15) is 4.98 Å². The highest BCUT2D eigenvalue weighted by molar-refractivity contribution is 7.98. The molecular weight excluding hydrogens is 269 g/mol. The van der Waals surface area contributed by atoms with E-state index < -0.39 is 6.04 Å². The standard InChI is InChI=1S/C12H14FN3O2S/c1-17-6-10(14)12-15-11(16-18-12)7-19-9-4-2-3-8(13)5-9/h2-5,10H,6-7,14H2,1H3. The molecule has 0 saturated carbocycles. The third kappa shape index (κ3) is 4.02. The zero-order valence-corrected chi connectivity index (χ0v) is 11.2. The van der Waals surface area contributed by atoms with E-state index in [0.717, 1.165) is 4.90 Å². The lowest BCUT2D eigenvalue weighted by molar-refractivity contribution is 0.166. The van der Waals surface area contributed by atoms with Crippen molar-refractivity contribution in [2.75, 3.05) is 13.7 Å². The molecule has 1 heterocycles. The maximum absolute atomic E-state index is 13.0. The third-order valence-corrected chi connectivity index (χ3v) is 3.30. The van der Waals surface area contributed by atoms with Gasteiger partial charge in [0.05, 0.1) is 12.4 Å². The van der Waals surface area contributed by atoms with Crippen molar-refractivity contribution in [2.24, 2.45) is 5.73 Å². The Kier molecular flexibility index (Phi) is 4.89. The minimum Gasteiger partial charge on any atom is -0.383 e. The Labute approximate surface area is 114 Å². The average Bonchev–Trinajstić information content (AvgIpc) is 2.86. The first-order chi connectivity index (χ1) is 9.19. The smallest absolute Gasteiger partial charge is 0.245 e. The summed E-state index contributed by atoms with van der Waals surface area (Å²) in [6, 6.07) is 5.92. The summed E-state index contributed by atoms with van der Waals surface area (Å²) < 4.78 is 22.9. The highest BCUT2D eigenvalue weighted by Crippen LogP contribution is 2.22. The molecule has 7 heteroatoms. The Morgan fingerprint density at radius 2 is 2.37 bits per heavy atom. The minimum atomic E-state index is -0.426. The lowest BCUT2D eigenvalue weighted by atomic mass is 10.3. The van der Waals surface area contributed by atoms with Gasteiger partial charge in [-0.1, -0.05) is 11.2 Å². The summed E-state index contributed by atoms with van der Waals surface area (Å²) in [6.07, 6.45) is 0. The molecule has 0 aliphatic heterocycles. The molecule has 1 aromatic carbocycles. The molecule has 1 unspecified atom stereocenters. The fourth-order valence-electron chi connectivity index (χ4n) is 1.43. The lowest BCUT2D eigenvalue weighted by Gasteiger charge is -2.02. The number of rotatable bonds is 6. The average molecular weight is 283 g/mol. The Balaban J connectivity index is 1.93. The highest BCUT2D eigenvalue weighted by Gasteiger charge is 2.14. The maximum Gasteiger partial charge on any atom is 0.245 e. The third-order valence-electron chi connectivity index (χ3n) is 2.31. The second kappa shape index (κ2) is 6.65. The Morgan fingerprint density at radius 3 is 3.11 bits per heavy atom. The van der Waals surface area contributed by atoms with E-state index in [1.165, 1.54) is 23.9 Å². The molecule has 1 aromatic heterocycles. The number of aromatic nitrogens is 2. The van der Waals surface area contributed by atoms with Gasteiger partial charge in [-0.15, -0.1) is 11.8 Å². The molecule has 19 heavy (non-hydrogen) atoms. The first-order valence-corrected chi connectivity index (χ1v) is 6.63. The van der Waals surface area contributed by atoms with E-state index in [1.54, 1.807) is 13.2 Å². The topological polar surface area (TPSA) is 74.2 Å². The van der Waals surface area contributed by atoms with E-state index in [2.05, 4.69) is 10.1 Å². The van der Waals surface area contributed by atoms with Crippen LogP contribution in [0.5, 0.6) is 0 Å². The summed E-state index contributed by atoms with van der Waals surface area (Å²) in [4.78, 5) is 4.98. The molecule has 0 saturated heterocycles. The molecule has 2 N–H and O–H groups in total. The van der Waals surface area contributed by atoms with Crippen molar-refractivity contribution < 1.29 is 13.7 Å². The van der Waals surface area contributed by atoms with Gasteiger partial charge < -0.3 is 15.0 Å². The Morgan fingerprint density at radius 1 is 1.53 bits per heavy atom. The number of benzene rings is 1. The number of nitrogens with zero attached hydrogens (tertiary/aromatic N) is 2. The molecule has 5 nitrogen and oxygen atoms in total. The monoisotopic (exact) mass is 283 g/mol. The SMILES string of the molecule is COCC(N)c1nc(CSc2cccc(F)c2)no1. The number of halogens is 1. The number of hydrogen-bond acceptors (Lipinski definition) is 6. The summed E-state index contributed by atoms with van der Waals surface area (Å²) in [5.74, 6) is 1.10. The van der Waals surface area contributed by atoms with Crippen LogP contribution >= 0.6 is 11.8 Å².